The van der Waals surface area contributed by atoms with Gasteiger partial charge in [0.2, 0.25) is 0 Å². The zero-order chi connectivity index (χ0) is 16.7. The lowest BCUT2D eigenvalue weighted by atomic mass is 10.1. The molecule has 0 aliphatic carbocycles. The third-order valence-electron chi connectivity index (χ3n) is 3.48. The monoisotopic (exact) mass is 333 g/mol. The Morgan fingerprint density at radius 2 is 1.91 bits per heavy atom. The molecule has 1 aromatic heterocycles. The maximum absolute atomic E-state index is 12.1. The van der Waals surface area contributed by atoms with Crippen molar-refractivity contribution in [2.75, 3.05) is 20.3 Å². The number of hydrogen-bond donors (Lipinski definition) is 1. The standard InChI is InChI=1S/C18H23NO3S/c1-4-5-14-12-17(23-13(14)2)18(20)19-10-11-22-16-8-6-15(21-3)7-9-16/h6-9,12H,4-5,10-11H2,1-3H3,(H,19,20). The molecule has 0 saturated heterocycles. The number of carbonyl (C=O) groups excluding carboxylic acids is 1. The molecule has 0 spiro atoms. The van der Waals surface area contributed by atoms with Gasteiger partial charge in [-0.1, -0.05) is 13.3 Å². The fraction of sp³-hybridized carbons (Fsp3) is 0.389. The van der Waals surface area contributed by atoms with E-state index in [-0.39, 0.29) is 5.91 Å². The molecule has 124 valence electrons. The highest BCUT2D eigenvalue weighted by Crippen LogP contribution is 2.22. The second-order valence-electron chi connectivity index (χ2n) is 5.22. The van der Waals surface area contributed by atoms with Gasteiger partial charge in [-0.05, 0) is 49.2 Å². The van der Waals surface area contributed by atoms with Crippen molar-refractivity contribution in [1.82, 2.24) is 5.32 Å². The van der Waals surface area contributed by atoms with E-state index in [1.54, 1.807) is 18.4 Å². The van der Waals surface area contributed by atoms with Crippen molar-refractivity contribution in [3.8, 4) is 11.5 Å². The number of ether oxygens (including phenoxy) is 2. The summed E-state index contributed by atoms with van der Waals surface area (Å²) in [7, 11) is 1.63. The van der Waals surface area contributed by atoms with Gasteiger partial charge < -0.3 is 14.8 Å². The smallest absolute Gasteiger partial charge is 0.261 e. The lowest BCUT2D eigenvalue weighted by molar-refractivity contribution is 0.0951. The first kappa shape index (κ1) is 17.3. The van der Waals surface area contributed by atoms with Gasteiger partial charge in [-0.3, -0.25) is 4.79 Å². The van der Waals surface area contributed by atoms with Gasteiger partial charge >= 0.3 is 0 Å². The number of hydrogen-bond acceptors (Lipinski definition) is 4. The maximum Gasteiger partial charge on any atom is 0.261 e. The summed E-state index contributed by atoms with van der Waals surface area (Å²) in [6, 6.07) is 9.39. The van der Waals surface area contributed by atoms with Crippen LogP contribution >= 0.6 is 11.3 Å². The second kappa shape index (κ2) is 8.58. The van der Waals surface area contributed by atoms with Gasteiger partial charge in [-0.15, -0.1) is 11.3 Å². The Balaban J connectivity index is 1.76. The topological polar surface area (TPSA) is 47.6 Å². The Morgan fingerprint density at radius 1 is 1.22 bits per heavy atom. The summed E-state index contributed by atoms with van der Waals surface area (Å²) in [5.41, 5.74) is 1.28. The third-order valence-corrected chi connectivity index (χ3v) is 4.57. The first-order valence-corrected chi connectivity index (χ1v) is 8.60. The molecule has 5 heteroatoms. The predicted molar refractivity (Wildman–Crippen MR) is 93.9 cm³/mol. The van der Waals surface area contributed by atoms with E-state index in [4.69, 9.17) is 9.47 Å². The molecule has 4 nitrogen and oxygen atoms in total. The summed E-state index contributed by atoms with van der Waals surface area (Å²) < 4.78 is 10.7. The summed E-state index contributed by atoms with van der Waals surface area (Å²) in [4.78, 5) is 14.1. The van der Waals surface area contributed by atoms with Crippen LogP contribution in [0.25, 0.3) is 0 Å². The number of benzene rings is 1. The van der Waals surface area contributed by atoms with E-state index in [1.165, 1.54) is 10.4 Å². The Hall–Kier alpha value is -2.01. The fourth-order valence-corrected chi connectivity index (χ4v) is 3.23. The number of rotatable bonds is 8. The van der Waals surface area contributed by atoms with Gasteiger partial charge in [-0.2, -0.15) is 0 Å². The average Bonchev–Trinajstić information content (AvgIpc) is 2.93. The number of aryl methyl sites for hydroxylation is 2. The SMILES string of the molecule is CCCc1cc(C(=O)NCCOc2ccc(OC)cc2)sc1C. The molecule has 0 radical (unpaired) electrons. The van der Waals surface area contributed by atoms with Gasteiger partial charge in [0, 0.05) is 4.88 Å². The Morgan fingerprint density at radius 3 is 2.57 bits per heavy atom. The van der Waals surface area contributed by atoms with Crippen LogP contribution in [0.1, 0.15) is 33.5 Å². The van der Waals surface area contributed by atoms with Crippen LogP contribution in [-0.2, 0) is 6.42 Å². The molecule has 0 atom stereocenters. The van der Waals surface area contributed by atoms with Crippen LogP contribution < -0.4 is 14.8 Å². The van der Waals surface area contributed by atoms with Gasteiger partial charge in [0.25, 0.3) is 5.91 Å². The van der Waals surface area contributed by atoms with Gasteiger partial charge in [0.15, 0.2) is 0 Å². The minimum Gasteiger partial charge on any atom is -0.497 e. The molecule has 23 heavy (non-hydrogen) atoms. The Bertz CT molecular complexity index is 634. The largest absolute Gasteiger partial charge is 0.497 e. The molecule has 0 aliphatic rings. The summed E-state index contributed by atoms with van der Waals surface area (Å²) >= 11 is 1.55. The van der Waals surface area contributed by atoms with Crippen LogP contribution in [0.2, 0.25) is 0 Å². The highest BCUT2D eigenvalue weighted by atomic mass is 32.1. The number of amides is 1. The first-order chi connectivity index (χ1) is 11.1. The zero-order valence-electron chi connectivity index (χ0n) is 13.8. The molecule has 0 aliphatic heterocycles. The second-order valence-corrected chi connectivity index (χ2v) is 6.48. The van der Waals surface area contributed by atoms with E-state index in [1.807, 2.05) is 30.3 Å². The predicted octanol–water partition coefficient (Wildman–Crippen LogP) is 3.83. The van der Waals surface area contributed by atoms with E-state index in [9.17, 15) is 4.79 Å². The number of methoxy groups -OCH3 is 1. The molecule has 2 aromatic rings. The van der Waals surface area contributed by atoms with Crippen molar-refractivity contribution in [1.29, 1.82) is 0 Å². The molecule has 0 fully saturated rings. The highest BCUT2D eigenvalue weighted by molar-refractivity contribution is 7.14. The third kappa shape index (κ3) is 4.99. The minimum atomic E-state index is -0.0289. The van der Waals surface area contributed by atoms with E-state index < -0.39 is 0 Å². The summed E-state index contributed by atoms with van der Waals surface area (Å²) in [6.45, 7) is 5.13. The van der Waals surface area contributed by atoms with Crippen molar-refractivity contribution >= 4 is 17.2 Å². The molecule has 2 rings (SSSR count). The van der Waals surface area contributed by atoms with Crippen LogP contribution in [0, 0.1) is 6.92 Å². The molecule has 1 amide bonds. The van der Waals surface area contributed by atoms with E-state index in [0.29, 0.717) is 13.2 Å². The minimum absolute atomic E-state index is 0.0289. The van der Waals surface area contributed by atoms with Crippen molar-refractivity contribution in [2.45, 2.75) is 26.7 Å². The van der Waals surface area contributed by atoms with Crippen LogP contribution in [0.3, 0.4) is 0 Å². The Kier molecular flexibility index (Phi) is 6.47. The van der Waals surface area contributed by atoms with Crippen LogP contribution in [0.15, 0.2) is 30.3 Å². The molecular formula is C18H23NO3S. The summed E-state index contributed by atoms with van der Waals surface area (Å²) in [6.07, 6.45) is 2.12. The molecular weight excluding hydrogens is 310 g/mol. The summed E-state index contributed by atoms with van der Waals surface area (Å²) in [5, 5.41) is 2.90. The fourth-order valence-electron chi connectivity index (χ4n) is 2.24. The zero-order valence-corrected chi connectivity index (χ0v) is 14.7. The van der Waals surface area contributed by atoms with Crippen LogP contribution in [0.4, 0.5) is 0 Å². The van der Waals surface area contributed by atoms with Crippen molar-refractivity contribution in [3.63, 3.8) is 0 Å². The lowest BCUT2D eigenvalue weighted by Crippen LogP contribution is -2.27. The molecule has 1 N–H and O–H groups in total. The number of carbonyl (C=O) groups is 1. The van der Waals surface area contributed by atoms with E-state index in [2.05, 4.69) is 19.2 Å². The van der Waals surface area contributed by atoms with Crippen LogP contribution in [0.5, 0.6) is 11.5 Å². The molecule has 1 aromatic carbocycles. The maximum atomic E-state index is 12.1. The van der Waals surface area contributed by atoms with Gasteiger partial charge in [-0.25, -0.2) is 0 Å². The lowest BCUT2D eigenvalue weighted by Gasteiger charge is -2.07. The molecule has 1 heterocycles. The Labute approximate surface area is 141 Å². The van der Waals surface area contributed by atoms with E-state index >= 15 is 0 Å². The molecule has 0 bridgehead atoms. The average molecular weight is 333 g/mol. The normalized spacial score (nSPS) is 10.4. The van der Waals surface area contributed by atoms with Gasteiger partial charge in [0.1, 0.15) is 18.1 Å². The summed E-state index contributed by atoms with van der Waals surface area (Å²) in [5.74, 6) is 1.53. The van der Waals surface area contributed by atoms with Crippen molar-refractivity contribution in [3.05, 3.63) is 45.6 Å². The van der Waals surface area contributed by atoms with Crippen LogP contribution in [-0.4, -0.2) is 26.2 Å². The van der Waals surface area contributed by atoms with Gasteiger partial charge in [0.05, 0.1) is 18.5 Å². The number of thiophene rings is 1. The van der Waals surface area contributed by atoms with E-state index in [0.717, 1.165) is 29.2 Å². The van der Waals surface area contributed by atoms with Crippen molar-refractivity contribution in [2.24, 2.45) is 0 Å². The quantitative estimate of drug-likeness (QED) is 0.747. The highest BCUT2D eigenvalue weighted by Gasteiger charge is 2.11. The number of nitrogens with one attached hydrogen (secondary N) is 1. The molecule has 0 saturated carbocycles. The first-order valence-electron chi connectivity index (χ1n) is 7.78. The molecule has 0 unspecified atom stereocenters. The van der Waals surface area contributed by atoms with Crippen molar-refractivity contribution < 1.29 is 14.3 Å².